The first-order valence-electron chi connectivity index (χ1n) is 11.2. The number of nitrogens with one attached hydrogen (secondary N) is 1. The molecular formula is C26H34N2O. The number of aliphatic hydroxyl groups excluding tert-OH is 1. The molecule has 0 bridgehead atoms. The zero-order valence-electron chi connectivity index (χ0n) is 17.7. The molecule has 0 aromatic heterocycles. The molecular weight excluding hydrogens is 356 g/mol. The number of dihydropyridines is 1. The Labute approximate surface area is 175 Å². The fourth-order valence-electron chi connectivity index (χ4n) is 4.81. The maximum atomic E-state index is 9.77. The van der Waals surface area contributed by atoms with Crippen molar-refractivity contribution in [2.24, 2.45) is 10.9 Å². The van der Waals surface area contributed by atoms with Crippen LogP contribution in [0.15, 0.2) is 47.6 Å². The van der Waals surface area contributed by atoms with Crippen LogP contribution >= 0.6 is 0 Å². The standard InChI is InChI=1S/C26H34N2O/c1-18(9-12-22-7-3-5-19(2)28-22)25-8-4-6-21-17-27-23(16-26(21)25)15-20-10-13-24(29)14-11-20/h3-4,6-8,16,19-20,24,27,29H,1,5,9-15,17H2,2H3. The summed E-state index contributed by atoms with van der Waals surface area (Å²) in [4.78, 5) is 4.77. The lowest BCUT2D eigenvalue weighted by molar-refractivity contribution is 0.108. The lowest BCUT2D eigenvalue weighted by Gasteiger charge is -2.28. The first kappa shape index (κ1) is 20.2. The number of benzene rings is 1. The minimum absolute atomic E-state index is 0.0817. The third kappa shape index (κ3) is 5.08. The number of allylic oxidation sites excluding steroid dienone is 3. The van der Waals surface area contributed by atoms with Crippen molar-refractivity contribution in [2.45, 2.75) is 77.0 Å². The van der Waals surface area contributed by atoms with Crippen molar-refractivity contribution in [2.75, 3.05) is 0 Å². The average Bonchev–Trinajstić information content (AvgIpc) is 2.73. The highest BCUT2D eigenvalue weighted by atomic mass is 16.3. The van der Waals surface area contributed by atoms with Crippen LogP contribution < -0.4 is 5.32 Å². The molecule has 1 aromatic rings. The van der Waals surface area contributed by atoms with Crippen LogP contribution in [0.3, 0.4) is 0 Å². The number of aliphatic imine (C=N–C) groups is 1. The first-order chi connectivity index (χ1) is 14.1. The molecule has 0 radical (unpaired) electrons. The van der Waals surface area contributed by atoms with Gasteiger partial charge in [-0.3, -0.25) is 4.99 Å². The SMILES string of the molecule is C=C(CCC1=NC(C)CC=C1)c1cccc2c1C=C(CC1CCC(O)CC1)NC2. The third-order valence-corrected chi connectivity index (χ3v) is 6.58. The average molecular weight is 391 g/mol. The van der Waals surface area contributed by atoms with Gasteiger partial charge in [0.1, 0.15) is 0 Å². The highest BCUT2D eigenvalue weighted by Crippen LogP contribution is 2.33. The minimum Gasteiger partial charge on any atom is -0.393 e. The zero-order chi connectivity index (χ0) is 20.2. The molecule has 1 unspecified atom stereocenters. The molecule has 3 nitrogen and oxygen atoms in total. The molecule has 4 rings (SSSR count). The van der Waals surface area contributed by atoms with Gasteiger partial charge in [-0.2, -0.15) is 0 Å². The molecule has 1 aliphatic carbocycles. The number of fused-ring (bicyclic) bond motifs is 1. The van der Waals surface area contributed by atoms with E-state index in [1.165, 1.54) is 33.7 Å². The molecule has 1 saturated carbocycles. The van der Waals surface area contributed by atoms with Gasteiger partial charge < -0.3 is 10.4 Å². The molecule has 2 N–H and O–H groups in total. The summed E-state index contributed by atoms with van der Waals surface area (Å²) < 4.78 is 0. The summed E-state index contributed by atoms with van der Waals surface area (Å²) in [5.41, 5.74) is 7.73. The molecule has 0 spiro atoms. The fourth-order valence-corrected chi connectivity index (χ4v) is 4.81. The van der Waals surface area contributed by atoms with Crippen molar-refractivity contribution in [3.63, 3.8) is 0 Å². The maximum Gasteiger partial charge on any atom is 0.0540 e. The Morgan fingerprint density at radius 2 is 2.07 bits per heavy atom. The van der Waals surface area contributed by atoms with Crippen LogP contribution in [0.5, 0.6) is 0 Å². The van der Waals surface area contributed by atoms with Crippen molar-refractivity contribution in [1.29, 1.82) is 0 Å². The highest BCUT2D eigenvalue weighted by molar-refractivity contribution is 5.96. The van der Waals surface area contributed by atoms with Crippen LogP contribution in [0.4, 0.5) is 0 Å². The molecule has 154 valence electrons. The van der Waals surface area contributed by atoms with Gasteiger partial charge in [0, 0.05) is 18.0 Å². The van der Waals surface area contributed by atoms with Gasteiger partial charge in [0.15, 0.2) is 0 Å². The van der Waals surface area contributed by atoms with E-state index in [1.54, 1.807) is 0 Å². The summed E-state index contributed by atoms with van der Waals surface area (Å²) >= 11 is 0. The van der Waals surface area contributed by atoms with Crippen molar-refractivity contribution < 1.29 is 5.11 Å². The third-order valence-electron chi connectivity index (χ3n) is 6.58. The highest BCUT2D eigenvalue weighted by Gasteiger charge is 2.22. The second kappa shape index (κ2) is 9.13. The predicted octanol–water partition coefficient (Wildman–Crippen LogP) is 5.65. The van der Waals surface area contributed by atoms with Crippen LogP contribution in [0, 0.1) is 5.92 Å². The first-order valence-corrected chi connectivity index (χ1v) is 11.2. The normalized spacial score (nSPS) is 26.2. The van der Waals surface area contributed by atoms with Crippen LogP contribution in [-0.4, -0.2) is 23.0 Å². The lowest BCUT2D eigenvalue weighted by atomic mass is 9.83. The summed E-state index contributed by atoms with van der Waals surface area (Å²) in [5, 5.41) is 13.4. The minimum atomic E-state index is -0.0817. The quantitative estimate of drug-likeness (QED) is 0.659. The second-order valence-electron chi connectivity index (χ2n) is 8.99. The van der Waals surface area contributed by atoms with E-state index < -0.39 is 0 Å². The Bertz CT molecular complexity index is 840. The molecule has 29 heavy (non-hydrogen) atoms. The molecule has 3 aliphatic rings. The van der Waals surface area contributed by atoms with Crippen molar-refractivity contribution in [1.82, 2.24) is 5.32 Å². The topological polar surface area (TPSA) is 44.6 Å². The number of rotatable bonds is 6. The molecule has 2 heterocycles. The summed E-state index contributed by atoms with van der Waals surface area (Å²) in [6, 6.07) is 7.01. The summed E-state index contributed by atoms with van der Waals surface area (Å²) in [5.74, 6) is 0.687. The molecule has 2 aliphatic heterocycles. The Kier molecular flexibility index (Phi) is 6.34. The molecule has 0 amide bonds. The van der Waals surface area contributed by atoms with E-state index in [2.05, 4.69) is 55.2 Å². The van der Waals surface area contributed by atoms with E-state index in [9.17, 15) is 5.11 Å². The Morgan fingerprint density at radius 3 is 2.86 bits per heavy atom. The monoisotopic (exact) mass is 390 g/mol. The summed E-state index contributed by atoms with van der Waals surface area (Å²) in [6.07, 6.45) is 14.9. The number of nitrogens with zero attached hydrogens (tertiary/aromatic N) is 1. The number of hydrogen-bond donors (Lipinski definition) is 2. The molecule has 1 aromatic carbocycles. The van der Waals surface area contributed by atoms with E-state index in [4.69, 9.17) is 4.99 Å². The van der Waals surface area contributed by atoms with Gasteiger partial charge in [-0.1, -0.05) is 30.9 Å². The van der Waals surface area contributed by atoms with Crippen LogP contribution in [0.2, 0.25) is 0 Å². The van der Waals surface area contributed by atoms with Crippen LogP contribution in [0.25, 0.3) is 11.6 Å². The summed E-state index contributed by atoms with van der Waals surface area (Å²) in [6.45, 7) is 7.50. The number of aliphatic hydroxyl groups is 1. The second-order valence-corrected chi connectivity index (χ2v) is 8.99. The molecule has 3 heteroatoms. The maximum absolute atomic E-state index is 9.77. The van der Waals surface area contributed by atoms with E-state index in [-0.39, 0.29) is 6.10 Å². The van der Waals surface area contributed by atoms with Gasteiger partial charge in [-0.15, -0.1) is 0 Å². The lowest BCUT2D eigenvalue weighted by Crippen LogP contribution is -2.23. The smallest absolute Gasteiger partial charge is 0.0540 e. The van der Waals surface area contributed by atoms with Gasteiger partial charge in [-0.05, 0) is 98.6 Å². The van der Waals surface area contributed by atoms with E-state index >= 15 is 0 Å². The van der Waals surface area contributed by atoms with Gasteiger partial charge in [-0.25, -0.2) is 0 Å². The van der Waals surface area contributed by atoms with Crippen molar-refractivity contribution in [3.8, 4) is 0 Å². The largest absolute Gasteiger partial charge is 0.393 e. The van der Waals surface area contributed by atoms with Gasteiger partial charge >= 0.3 is 0 Å². The molecule has 0 saturated heterocycles. The van der Waals surface area contributed by atoms with E-state index in [1.807, 2.05) is 0 Å². The predicted molar refractivity (Wildman–Crippen MR) is 123 cm³/mol. The van der Waals surface area contributed by atoms with Crippen molar-refractivity contribution >= 4 is 17.4 Å². The van der Waals surface area contributed by atoms with Crippen molar-refractivity contribution in [3.05, 3.63) is 59.3 Å². The van der Waals surface area contributed by atoms with Gasteiger partial charge in [0.2, 0.25) is 0 Å². The Morgan fingerprint density at radius 1 is 1.24 bits per heavy atom. The number of hydrogen-bond acceptors (Lipinski definition) is 3. The van der Waals surface area contributed by atoms with Crippen LogP contribution in [-0.2, 0) is 6.54 Å². The zero-order valence-corrected chi connectivity index (χ0v) is 17.7. The molecule has 1 fully saturated rings. The fraction of sp³-hybridized carbons (Fsp3) is 0.500. The van der Waals surface area contributed by atoms with Crippen LogP contribution in [0.1, 0.15) is 75.0 Å². The van der Waals surface area contributed by atoms with E-state index in [0.717, 1.165) is 57.9 Å². The van der Waals surface area contributed by atoms with Gasteiger partial charge in [0.25, 0.3) is 0 Å². The summed E-state index contributed by atoms with van der Waals surface area (Å²) in [7, 11) is 0. The van der Waals surface area contributed by atoms with Gasteiger partial charge in [0.05, 0.1) is 12.1 Å². The Balaban J connectivity index is 1.45. The Hall–Kier alpha value is -2.13. The molecule has 1 atom stereocenters. The van der Waals surface area contributed by atoms with E-state index in [0.29, 0.717) is 12.0 Å².